The van der Waals surface area contributed by atoms with E-state index in [0.717, 1.165) is 4.47 Å². The van der Waals surface area contributed by atoms with Crippen molar-refractivity contribution in [1.82, 2.24) is 0 Å². The van der Waals surface area contributed by atoms with Crippen molar-refractivity contribution in [3.8, 4) is 6.07 Å². The van der Waals surface area contributed by atoms with E-state index in [1.54, 1.807) is 5.38 Å². The van der Waals surface area contributed by atoms with Crippen LogP contribution in [0.3, 0.4) is 0 Å². The minimum atomic E-state index is 0.516. The number of hydrogen-bond donors (Lipinski definition) is 0. The van der Waals surface area contributed by atoms with Crippen molar-refractivity contribution in [2.45, 2.75) is 0 Å². The van der Waals surface area contributed by atoms with Crippen LogP contribution in [-0.4, -0.2) is 0 Å². The first-order valence-corrected chi connectivity index (χ1v) is 4.13. The molecule has 0 aromatic carbocycles. The van der Waals surface area contributed by atoms with Gasteiger partial charge in [0, 0.05) is 9.85 Å². The molecule has 0 aliphatic carbocycles. The highest BCUT2D eigenvalue weighted by molar-refractivity contribution is 9.10. The number of rotatable bonds is 0. The summed E-state index contributed by atoms with van der Waals surface area (Å²) < 4.78 is 0.797. The van der Waals surface area contributed by atoms with E-state index < -0.39 is 0 Å². The second-order valence-corrected chi connectivity index (χ2v) is 3.45. The Morgan fingerprint density at radius 1 is 1.78 bits per heavy atom. The van der Waals surface area contributed by atoms with Crippen LogP contribution in [0.1, 0.15) is 4.88 Å². The Balaban J connectivity index is 3.24. The van der Waals surface area contributed by atoms with Gasteiger partial charge in [0.1, 0.15) is 10.9 Å². The van der Waals surface area contributed by atoms with E-state index in [1.807, 2.05) is 6.07 Å². The Morgan fingerprint density at radius 3 is 2.67 bits per heavy atom. The molecule has 9 heavy (non-hydrogen) atoms. The molecular weight excluding hydrogens is 221 g/mol. The van der Waals surface area contributed by atoms with Crippen molar-refractivity contribution in [3.63, 3.8) is 0 Å². The summed E-state index contributed by atoms with van der Waals surface area (Å²) in [6.07, 6.45) is 0. The molecule has 0 spiro atoms. The third-order valence-corrected chi connectivity index (χ3v) is 3.34. The van der Waals surface area contributed by atoms with Gasteiger partial charge in [0.05, 0.1) is 5.02 Å². The molecule has 1 rings (SSSR count). The molecule has 46 valence electrons. The smallest absolute Gasteiger partial charge is 0.124 e. The van der Waals surface area contributed by atoms with Crippen LogP contribution in [0.5, 0.6) is 0 Å². The van der Waals surface area contributed by atoms with Crippen LogP contribution >= 0.6 is 38.9 Å². The quantitative estimate of drug-likeness (QED) is 0.662. The average Bonchev–Trinajstić information content (AvgIpc) is 2.15. The van der Waals surface area contributed by atoms with Gasteiger partial charge in [-0.15, -0.1) is 11.3 Å². The largest absolute Gasteiger partial charge is 0.191 e. The standard InChI is InChI=1S/C5HBrClNS/c6-3-2-9-4(1-8)5(3)7/h2H. The predicted molar refractivity (Wildman–Crippen MR) is 41.7 cm³/mol. The Kier molecular flexibility index (Phi) is 2.12. The highest BCUT2D eigenvalue weighted by Crippen LogP contribution is 2.30. The highest BCUT2D eigenvalue weighted by Gasteiger charge is 2.04. The number of nitrogens with zero attached hydrogens (tertiary/aromatic N) is 1. The summed E-state index contributed by atoms with van der Waals surface area (Å²) in [5.41, 5.74) is 0. The van der Waals surface area contributed by atoms with Crippen LogP contribution in [0.2, 0.25) is 5.02 Å². The zero-order valence-electron chi connectivity index (χ0n) is 4.19. The second kappa shape index (κ2) is 2.70. The van der Waals surface area contributed by atoms with Gasteiger partial charge in [-0.2, -0.15) is 5.26 Å². The fraction of sp³-hybridized carbons (Fsp3) is 0. The van der Waals surface area contributed by atoms with Crippen LogP contribution < -0.4 is 0 Å². The lowest BCUT2D eigenvalue weighted by molar-refractivity contribution is 1.52. The normalized spacial score (nSPS) is 9.00. The first-order chi connectivity index (χ1) is 4.25. The van der Waals surface area contributed by atoms with Gasteiger partial charge < -0.3 is 0 Å². The Morgan fingerprint density at radius 2 is 2.44 bits per heavy atom. The maximum absolute atomic E-state index is 8.39. The molecule has 0 radical (unpaired) electrons. The summed E-state index contributed by atoms with van der Waals surface area (Å²) >= 11 is 10.2. The summed E-state index contributed by atoms with van der Waals surface area (Å²) in [4.78, 5) is 0.559. The fourth-order valence-electron chi connectivity index (χ4n) is 0.398. The zero-order valence-corrected chi connectivity index (χ0v) is 7.35. The van der Waals surface area contributed by atoms with Crippen molar-refractivity contribution in [2.24, 2.45) is 0 Å². The maximum atomic E-state index is 8.39. The van der Waals surface area contributed by atoms with E-state index in [0.29, 0.717) is 9.90 Å². The van der Waals surface area contributed by atoms with Crippen LogP contribution in [0.15, 0.2) is 9.85 Å². The summed E-state index contributed by atoms with van der Waals surface area (Å²) in [6, 6.07) is 1.97. The van der Waals surface area contributed by atoms with E-state index in [9.17, 15) is 0 Å². The first-order valence-electron chi connectivity index (χ1n) is 2.08. The summed E-state index contributed by atoms with van der Waals surface area (Å²) in [5.74, 6) is 0. The van der Waals surface area contributed by atoms with Crippen LogP contribution in [0, 0.1) is 11.3 Å². The summed E-state index contributed by atoms with van der Waals surface area (Å²) in [6.45, 7) is 0. The average molecular weight is 222 g/mol. The summed E-state index contributed by atoms with van der Waals surface area (Å²) in [5, 5.41) is 10.7. The molecule has 0 aliphatic rings. The molecule has 0 atom stereocenters. The van der Waals surface area contributed by atoms with E-state index in [-0.39, 0.29) is 0 Å². The molecule has 1 nitrogen and oxygen atoms in total. The van der Waals surface area contributed by atoms with Gasteiger partial charge in [0.15, 0.2) is 0 Å². The monoisotopic (exact) mass is 221 g/mol. The third kappa shape index (κ3) is 1.26. The molecule has 0 fully saturated rings. The molecule has 0 aliphatic heterocycles. The van der Waals surface area contributed by atoms with E-state index in [1.165, 1.54) is 11.3 Å². The lowest BCUT2D eigenvalue weighted by Gasteiger charge is -1.79. The molecule has 1 aromatic rings. The van der Waals surface area contributed by atoms with Crippen LogP contribution in [0.4, 0.5) is 0 Å². The predicted octanol–water partition coefficient (Wildman–Crippen LogP) is 3.04. The molecule has 0 unspecified atom stereocenters. The van der Waals surface area contributed by atoms with E-state index >= 15 is 0 Å². The highest BCUT2D eigenvalue weighted by atomic mass is 79.9. The van der Waals surface area contributed by atoms with Gasteiger partial charge in [-0.3, -0.25) is 0 Å². The van der Waals surface area contributed by atoms with Crippen molar-refractivity contribution in [2.75, 3.05) is 0 Å². The Hall–Kier alpha value is -0.0400. The van der Waals surface area contributed by atoms with Gasteiger partial charge in [-0.25, -0.2) is 0 Å². The third-order valence-electron chi connectivity index (χ3n) is 0.791. The van der Waals surface area contributed by atoms with E-state index in [4.69, 9.17) is 16.9 Å². The first kappa shape index (κ1) is 7.07. The van der Waals surface area contributed by atoms with Gasteiger partial charge in [-0.1, -0.05) is 11.6 Å². The topological polar surface area (TPSA) is 23.8 Å². The number of thiophene rings is 1. The molecule has 4 heteroatoms. The molecule has 0 amide bonds. The van der Waals surface area contributed by atoms with Crippen molar-refractivity contribution in [3.05, 3.63) is 19.8 Å². The maximum Gasteiger partial charge on any atom is 0.124 e. The van der Waals surface area contributed by atoms with Gasteiger partial charge in [-0.05, 0) is 15.9 Å². The minimum Gasteiger partial charge on any atom is -0.191 e. The second-order valence-electron chi connectivity index (χ2n) is 1.34. The number of hydrogen-bond acceptors (Lipinski definition) is 2. The Bertz CT molecular complexity index is 262. The summed E-state index contributed by atoms with van der Waals surface area (Å²) in [7, 11) is 0. The molecule has 0 N–H and O–H groups in total. The fourth-order valence-corrected chi connectivity index (χ4v) is 1.91. The van der Waals surface area contributed by atoms with Crippen LogP contribution in [-0.2, 0) is 0 Å². The van der Waals surface area contributed by atoms with Crippen molar-refractivity contribution in [1.29, 1.82) is 5.26 Å². The Labute approximate surface area is 70.0 Å². The lowest BCUT2D eigenvalue weighted by atomic mass is 10.5. The minimum absolute atomic E-state index is 0.516. The van der Waals surface area contributed by atoms with E-state index in [2.05, 4.69) is 15.9 Å². The van der Waals surface area contributed by atoms with Crippen molar-refractivity contribution < 1.29 is 0 Å². The van der Waals surface area contributed by atoms with Crippen LogP contribution in [0.25, 0.3) is 0 Å². The molecule has 1 aromatic heterocycles. The SMILES string of the molecule is N#Cc1scc(Br)c1Cl. The molecule has 0 saturated carbocycles. The molecule has 0 bridgehead atoms. The lowest BCUT2D eigenvalue weighted by Crippen LogP contribution is -1.60. The molecule has 0 saturated heterocycles. The number of nitriles is 1. The number of halogens is 2. The van der Waals surface area contributed by atoms with Gasteiger partial charge in [0.2, 0.25) is 0 Å². The van der Waals surface area contributed by atoms with Gasteiger partial charge >= 0.3 is 0 Å². The molecule has 1 heterocycles. The molecular formula is C5HBrClNS. The zero-order chi connectivity index (χ0) is 6.85. The van der Waals surface area contributed by atoms with Crippen molar-refractivity contribution >= 4 is 38.9 Å². The van der Waals surface area contributed by atoms with Gasteiger partial charge in [0.25, 0.3) is 0 Å².